The third-order valence-electron chi connectivity index (χ3n) is 2.64. The van der Waals surface area contributed by atoms with Crippen molar-refractivity contribution in [2.45, 2.75) is 6.92 Å². The second-order valence-electron chi connectivity index (χ2n) is 3.24. The highest BCUT2D eigenvalue weighted by Gasteiger charge is 2.33. The van der Waals surface area contributed by atoms with Crippen molar-refractivity contribution in [1.82, 2.24) is 0 Å². The molecule has 0 atom stereocenters. The van der Waals surface area contributed by atoms with Gasteiger partial charge in [0.25, 0.3) is 0 Å². The summed E-state index contributed by atoms with van der Waals surface area (Å²) in [7, 11) is 0. The number of piperazine rings is 1. The molecule has 1 saturated heterocycles. The molecule has 1 N–H and O–H groups in total. The second kappa shape index (κ2) is 3.70. The van der Waals surface area contributed by atoms with Gasteiger partial charge in [0.1, 0.15) is 13.1 Å². The minimum absolute atomic E-state index is 0.150. The molecule has 0 aromatic carbocycles. The normalized spacial score (nSPS) is 39.0. The standard InChI is InChI=1S/C7H15ClFN2/c1-2-11(7-8)5-3-10(9)4-6-11/h2-7H2,1H3/q+1/p+1. The van der Waals surface area contributed by atoms with Crippen LogP contribution in [-0.2, 0) is 0 Å². The number of nitrogens with zero attached hydrogens (tertiary/aromatic N) is 1. The Balaban J connectivity index is 2.45. The van der Waals surface area contributed by atoms with Crippen LogP contribution in [0.3, 0.4) is 0 Å². The van der Waals surface area contributed by atoms with Gasteiger partial charge in [0.15, 0.2) is 19.1 Å². The SMILES string of the molecule is CC[N+]1(CCl)CC[NH+](F)CC1. The molecule has 1 aliphatic heterocycles. The van der Waals surface area contributed by atoms with Gasteiger partial charge in [-0.25, -0.2) is 0 Å². The Kier molecular flexibility index (Phi) is 3.10. The molecule has 0 radical (unpaired) electrons. The minimum atomic E-state index is 0.150. The van der Waals surface area contributed by atoms with Crippen molar-refractivity contribution in [3.8, 4) is 0 Å². The first-order chi connectivity index (χ1) is 5.22. The summed E-state index contributed by atoms with van der Waals surface area (Å²) in [6.07, 6.45) is 0. The average molecular weight is 183 g/mol. The van der Waals surface area contributed by atoms with Crippen molar-refractivity contribution in [2.75, 3.05) is 38.7 Å². The molecular weight excluding hydrogens is 167 g/mol. The quantitative estimate of drug-likeness (QED) is 0.261. The lowest BCUT2D eigenvalue weighted by molar-refractivity contribution is -1.09. The lowest BCUT2D eigenvalue weighted by atomic mass is 10.3. The number of quaternary nitrogens is 2. The summed E-state index contributed by atoms with van der Waals surface area (Å²) in [5.74, 6) is 0. The van der Waals surface area contributed by atoms with Crippen LogP contribution < -0.4 is 5.12 Å². The van der Waals surface area contributed by atoms with E-state index >= 15 is 0 Å². The molecule has 11 heavy (non-hydrogen) atoms. The number of rotatable bonds is 2. The van der Waals surface area contributed by atoms with Crippen molar-refractivity contribution >= 4 is 11.6 Å². The van der Waals surface area contributed by atoms with Gasteiger partial charge >= 0.3 is 0 Å². The topological polar surface area (TPSA) is 4.44 Å². The molecule has 1 heterocycles. The van der Waals surface area contributed by atoms with Crippen LogP contribution in [0, 0.1) is 0 Å². The van der Waals surface area contributed by atoms with E-state index in [0.29, 0.717) is 19.1 Å². The zero-order valence-corrected chi connectivity index (χ0v) is 7.70. The first kappa shape index (κ1) is 9.23. The number of hydrogen-bond acceptors (Lipinski definition) is 0. The number of nitrogens with one attached hydrogen (secondary N) is 1. The molecule has 0 unspecified atom stereocenters. The highest BCUT2D eigenvalue weighted by molar-refractivity contribution is 6.16. The van der Waals surface area contributed by atoms with Crippen molar-refractivity contribution in [2.24, 2.45) is 0 Å². The summed E-state index contributed by atoms with van der Waals surface area (Å²) >= 11 is 5.83. The van der Waals surface area contributed by atoms with E-state index in [1.54, 1.807) is 0 Å². The van der Waals surface area contributed by atoms with Crippen molar-refractivity contribution < 1.29 is 14.1 Å². The van der Waals surface area contributed by atoms with Crippen LogP contribution in [0.2, 0.25) is 0 Å². The van der Waals surface area contributed by atoms with Crippen LogP contribution >= 0.6 is 11.6 Å². The highest BCUT2D eigenvalue weighted by atomic mass is 35.5. The summed E-state index contributed by atoms with van der Waals surface area (Å²) in [5, 5.41) is 0.150. The molecule has 4 heteroatoms. The Hall–Kier alpha value is 0.140. The van der Waals surface area contributed by atoms with Crippen LogP contribution in [0.25, 0.3) is 0 Å². The molecular formula is C7H16ClFN2+2. The van der Waals surface area contributed by atoms with E-state index in [-0.39, 0.29) is 5.12 Å². The Morgan fingerprint density at radius 3 is 2.36 bits per heavy atom. The fourth-order valence-corrected chi connectivity index (χ4v) is 1.88. The maximum Gasteiger partial charge on any atom is 0.162 e. The summed E-state index contributed by atoms with van der Waals surface area (Å²) in [6, 6.07) is 0.629. The van der Waals surface area contributed by atoms with Gasteiger partial charge in [-0.15, -0.1) is 5.12 Å². The largest absolute Gasteiger partial charge is 0.302 e. The monoisotopic (exact) mass is 182 g/mol. The fraction of sp³-hybridized carbons (Fsp3) is 1.00. The third-order valence-corrected chi connectivity index (χ3v) is 3.15. The molecule has 0 aromatic heterocycles. The second-order valence-corrected chi connectivity index (χ2v) is 3.48. The van der Waals surface area contributed by atoms with Crippen LogP contribution in [0.1, 0.15) is 6.92 Å². The van der Waals surface area contributed by atoms with E-state index in [2.05, 4.69) is 6.92 Å². The molecule has 0 saturated carbocycles. The molecule has 66 valence electrons. The molecule has 2 nitrogen and oxygen atoms in total. The molecule has 0 aliphatic carbocycles. The van der Waals surface area contributed by atoms with Crippen LogP contribution in [0.5, 0.6) is 0 Å². The van der Waals surface area contributed by atoms with Gasteiger partial charge in [-0.1, -0.05) is 11.6 Å². The van der Waals surface area contributed by atoms with Gasteiger partial charge in [0.05, 0.1) is 6.54 Å². The summed E-state index contributed by atoms with van der Waals surface area (Å²) < 4.78 is 13.5. The highest BCUT2D eigenvalue weighted by Crippen LogP contribution is 2.07. The average Bonchev–Trinajstić information content (AvgIpc) is 2.07. The molecule has 0 amide bonds. The molecule has 1 rings (SSSR count). The Morgan fingerprint density at radius 1 is 1.45 bits per heavy atom. The predicted molar refractivity (Wildman–Crippen MR) is 43.1 cm³/mol. The molecule has 1 aliphatic rings. The maximum atomic E-state index is 12.7. The molecule has 0 aromatic rings. The van der Waals surface area contributed by atoms with E-state index in [9.17, 15) is 4.48 Å². The first-order valence-corrected chi connectivity index (χ1v) is 4.67. The van der Waals surface area contributed by atoms with E-state index in [1.807, 2.05) is 0 Å². The Bertz CT molecular complexity index is 118. The lowest BCUT2D eigenvalue weighted by Gasteiger charge is -2.37. The molecule has 0 spiro atoms. The van der Waals surface area contributed by atoms with Gasteiger partial charge < -0.3 is 4.48 Å². The van der Waals surface area contributed by atoms with Gasteiger partial charge in [-0.3, -0.25) is 0 Å². The summed E-state index contributed by atoms with van der Waals surface area (Å²) in [5.41, 5.74) is 0. The third kappa shape index (κ3) is 2.04. The lowest BCUT2D eigenvalue weighted by Crippen LogP contribution is -3.09. The molecule has 0 bridgehead atoms. The van der Waals surface area contributed by atoms with Gasteiger partial charge in [0, 0.05) is 0 Å². The number of halogens is 2. The zero-order chi connectivity index (χ0) is 8.32. The van der Waals surface area contributed by atoms with Crippen molar-refractivity contribution in [3.05, 3.63) is 0 Å². The van der Waals surface area contributed by atoms with Gasteiger partial charge in [-0.05, 0) is 11.4 Å². The van der Waals surface area contributed by atoms with Gasteiger partial charge in [0.2, 0.25) is 0 Å². The van der Waals surface area contributed by atoms with E-state index in [0.717, 1.165) is 24.1 Å². The van der Waals surface area contributed by atoms with Gasteiger partial charge in [-0.2, -0.15) is 0 Å². The maximum absolute atomic E-state index is 12.7. The van der Waals surface area contributed by atoms with E-state index < -0.39 is 0 Å². The Morgan fingerprint density at radius 2 is 2.00 bits per heavy atom. The smallest absolute Gasteiger partial charge is 0.162 e. The summed E-state index contributed by atoms with van der Waals surface area (Å²) in [4.78, 5) is 0. The predicted octanol–water partition coefficient (Wildman–Crippen LogP) is -0.198. The number of hydrogen-bond donors (Lipinski definition) is 1. The van der Waals surface area contributed by atoms with E-state index in [1.165, 1.54) is 0 Å². The minimum Gasteiger partial charge on any atom is -0.302 e. The number of likely N-dealkylation sites (N-methyl/N-ethyl adjacent to an activating group) is 1. The van der Waals surface area contributed by atoms with Crippen molar-refractivity contribution in [3.63, 3.8) is 0 Å². The van der Waals surface area contributed by atoms with Crippen LogP contribution in [-0.4, -0.2) is 43.2 Å². The van der Waals surface area contributed by atoms with Crippen LogP contribution in [0.15, 0.2) is 0 Å². The number of alkyl halides is 1. The Labute approximate surface area is 72.1 Å². The fourth-order valence-electron chi connectivity index (χ4n) is 1.47. The van der Waals surface area contributed by atoms with E-state index in [4.69, 9.17) is 11.6 Å². The molecule has 1 fully saturated rings. The van der Waals surface area contributed by atoms with Crippen molar-refractivity contribution in [1.29, 1.82) is 0 Å². The zero-order valence-electron chi connectivity index (χ0n) is 6.95. The first-order valence-electron chi connectivity index (χ1n) is 4.14. The summed E-state index contributed by atoms with van der Waals surface area (Å²) in [6.45, 7) is 6.13. The van der Waals surface area contributed by atoms with Crippen LogP contribution in [0.4, 0.5) is 4.48 Å².